The third-order valence-electron chi connectivity index (χ3n) is 5.29. The van der Waals surface area contributed by atoms with Crippen LogP contribution in [0.1, 0.15) is 48.1 Å². The molecule has 0 aromatic rings. The third-order valence-corrected chi connectivity index (χ3v) is 5.29. The lowest BCUT2D eigenvalue weighted by atomic mass is 9.81. The minimum Gasteiger partial charge on any atom is -0.350 e. The van der Waals surface area contributed by atoms with Crippen molar-refractivity contribution in [3.05, 3.63) is 0 Å². The van der Waals surface area contributed by atoms with Crippen LogP contribution in [0.15, 0.2) is 0 Å². The fourth-order valence-corrected chi connectivity index (χ4v) is 4.09. The number of amides is 1. The van der Waals surface area contributed by atoms with Crippen LogP contribution in [0, 0.1) is 11.8 Å². The van der Waals surface area contributed by atoms with Gasteiger partial charge in [0.2, 0.25) is 5.91 Å². The zero-order valence-corrected chi connectivity index (χ0v) is 13.1. The lowest BCUT2D eigenvalue weighted by molar-refractivity contribution is -0.125. The maximum atomic E-state index is 12.5. The standard InChI is InChI=1S/C16H30N4O/c1-11-5-3-4-6-13-9-12(7-8-17-13)15-14(19-16(11)21)10-18-20(15)2/h11-15,17-18H,3-10H2,1-2H3,(H,19,21)/t11-,12?,13?,14?,15?/m1/s1/i3D,5D/t3?,5?,11-,12?,13?,14?,15?. The van der Waals surface area contributed by atoms with Crippen molar-refractivity contribution in [3.8, 4) is 0 Å². The molecule has 7 atom stereocenters. The van der Waals surface area contributed by atoms with Gasteiger partial charge in [-0.2, -0.15) is 0 Å². The topological polar surface area (TPSA) is 56.4 Å². The predicted molar refractivity (Wildman–Crippen MR) is 83.6 cm³/mol. The van der Waals surface area contributed by atoms with Gasteiger partial charge < -0.3 is 10.6 Å². The molecular weight excluding hydrogens is 264 g/mol. The minimum atomic E-state index is -0.653. The van der Waals surface area contributed by atoms with Crippen LogP contribution in [0.2, 0.25) is 0 Å². The van der Waals surface area contributed by atoms with Crippen LogP contribution < -0.4 is 16.1 Å². The van der Waals surface area contributed by atoms with Gasteiger partial charge in [0.1, 0.15) is 0 Å². The summed E-state index contributed by atoms with van der Waals surface area (Å²) in [7, 11) is 2.07. The quantitative estimate of drug-likeness (QED) is 0.621. The number of carbonyl (C=O) groups excluding carboxylic acids is 1. The van der Waals surface area contributed by atoms with Gasteiger partial charge in [-0.25, -0.2) is 5.01 Å². The highest BCUT2D eigenvalue weighted by Gasteiger charge is 2.40. The highest BCUT2D eigenvalue weighted by Crippen LogP contribution is 2.29. The Morgan fingerprint density at radius 1 is 1.38 bits per heavy atom. The van der Waals surface area contributed by atoms with Crippen molar-refractivity contribution in [1.29, 1.82) is 0 Å². The average Bonchev–Trinajstić information content (AvgIpc) is 2.91. The van der Waals surface area contributed by atoms with Crippen molar-refractivity contribution in [3.63, 3.8) is 0 Å². The van der Waals surface area contributed by atoms with Gasteiger partial charge in [-0.05, 0) is 38.1 Å². The van der Waals surface area contributed by atoms with Gasteiger partial charge >= 0.3 is 0 Å². The fraction of sp³-hybridized carbons (Fsp3) is 0.938. The number of nitrogens with zero attached hydrogens (tertiary/aromatic N) is 1. The Labute approximate surface area is 131 Å². The number of hydrogen-bond acceptors (Lipinski definition) is 4. The second kappa shape index (κ2) is 6.63. The molecule has 0 aliphatic carbocycles. The van der Waals surface area contributed by atoms with Gasteiger partial charge in [-0.1, -0.05) is 19.7 Å². The van der Waals surface area contributed by atoms with Gasteiger partial charge in [-0.3, -0.25) is 10.2 Å². The van der Waals surface area contributed by atoms with E-state index in [0.717, 1.165) is 32.4 Å². The fourth-order valence-electron chi connectivity index (χ4n) is 4.09. The minimum absolute atomic E-state index is 0.0691. The van der Waals surface area contributed by atoms with Gasteiger partial charge in [0.15, 0.2) is 0 Å². The lowest BCUT2D eigenvalue weighted by Crippen LogP contribution is -2.53. The van der Waals surface area contributed by atoms with E-state index in [-0.39, 0.29) is 11.9 Å². The Morgan fingerprint density at radius 2 is 2.24 bits per heavy atom. The number of piperidine rings is 1. The number of carbonyl (C=O) groups is 1. The Kier molecular flexibility index (Phi) is 4.06. The Bertz CT molecular complexity index is 438. The molecule has 1 amide bonds. The molecule has 0 aromatic carbocycles. The summed E-state index contributed by atoms with van der Waals surface area (Å²) >= 11 is 0. The highest BCUT2D eigenvalue weighted by molar-refractivity contribution is 5.78. The van der Waals surface area contributed by atoms with Crippen LogP contribution in [-0.4, -0.2) is 49.2 Å². The molecule has 3 rings (SSSR count). The molecule has 120 valence electrons. The Balaban J connectivity index is 1.82. The first kappa shape index (κ1) is 12.9. The number of fused-ring (bicyclic) bond motifs is 4. The number of hydrazine groups is 1. The first-order valence-electron chi connectivity index (χ1n) is 9.47. The normalized spacial score (nSPS) is 51.0. The van der Waals surface area contributed by atoms with Crippen molar-refractivity contribution in [1.82, 2.24) is 21.1 Å². The molecule has 0 spiro atoms. The summed E-state index contributed by atoms with van der Waals surface area (Å²) in [5.41, 5.74) is 3.36. The second-order valence-corrected chi connectivity index (χ2v) is 6.81. The molecule has 3 aliphatic heterocycles. The van der Waals surface area contributed by atoms with Crippen molar-refractivity contribution in [2.75, 3.05) is 20.1 Å². The number of hydrogen-bond donors (Lipinski definition) is 3. The summed E-state index contributed by atoms with van der Waals surface area (Å²) in [6.07, 6.45) is 2.70. The molecular formula is C16H30N4O. The molecule has 0 aromatic heterocycles. The van der Waals surface area contributed by atoms with Crippen molar-refractivity contribution in [2.45, 2.75) is 63.5 Å². The van der Waals surface area contributed by atoms with Crippen molar-refractivity contribution < 1.29 is 7.54 Å². The summed E-state index contributed by atoms with van der Waals surface area (Å²) in [5, 5.41) is 8.91. The zero-order valence-electron chi connectivity index (χ0n) is 15.1. The van der Waals surface area contributed by atoms with E-state index in [2.05, 4.69) is 28.1 Å². The van der Waals surface area contributed by atoms with Crippen molar-refractivity contribution in [2.24, 2.45) is 11.8 Å². The van der Waals surface area contributed by atoms with E-state index in [1.54, 1.807) is 6.92 Å². The van der Waals surface area contributed by atoms with Crippen LogP contribution in [0.25, 0.3) is 0 Å². The SMILES string of the molecule is [2H]C1CCC2CC(CCN2)C2C(CNN2C)NC(=O)[C@H](C)C1[2H]. The number of likely N-dealkylation sites (N-methyl/N-ethyl adjacent to an activating group) is 1. The van der Waals surface area contributed by atoms with E-state index in [9.17, 15) is 4.79 Å². The van der Waals surface area contributed by atoms with Crippen molar-refractivity contribution >= 4 is 5.91 Å². The summed E-state index contributed by atoms with van der Waals surface area (Å²) in [4.78, 5) is 12.5. The summed E-state index contributed by atoms with van der Waals surface area (Å²) in [6.45, 7) is 3.55. The van der Waals surface area contributed by atoms with E-state index in [0.29, 0.717) is 24.4 Å². The monoisotopic (exact) mass is 296 g/mol. The van der Waals surface area contributed by atoms with Crippen LogP contribution in [0.4, 0.5) is 0 Å². The van der Waals surface area contributed by atoms with Gasteiger partial charge in [0.05, 0.1) is 6.04 Å². The predicted octanol–water partition coefficient (Wildman–Crippen LogP) is 0.868. The van der Waals surface area contributed by atoms with E-state index < -0.39 is 18.7 Å². The van der Waals surface area contributed by atoms with Gasteiger partial charge in [-0.15, -0.1) is 0 Å². The summed E-state index contributed by atoms with van der Waals surface area (Å²) < 4.78 is 16.5. The molecule has 2 bridgehead atoms. The van der Waals surface area contributed by atoms with E-state index in [1.807, 2.05) is 0 Å². The maximum Gasteiger partial charge on any atom is 0.223 e. The Morgan fingerprint density at radius 3 is 3.10 bits per heavy atom. The van der Waals surface area contributed by atoms with Crippen LogP contribution in [0.5, 0.6) is 0 Å². The molecule has 6 unspecified atom stereocenters. The zero-order chi connectivity index (χ0) is 16.6. The molecule has 0 radical (unpaired) electrons. The van der Waals surface area contributed by atoms with E-state index in [1.165, 1.54) is 0 Å². The highest BCUT2D eigenvalue weighted by atomic mass is 16.2. The number of nitrogens with one attached hydrogen (secondary N) is 3. The number of rotatable bonds is 0. The summed E-state index contributed by atoms with van der Waals surface area (Å²) in [6, 6.07) is 0.842. The smallest absolute Gasteiger partial charge is 0.223 e. The molecule has 5 nitrogen and oxygen atoms in total. The van der Waals surface area contributed by atoms with E-state index >= 15 is 0 Å². The molecule has 21 heavy (non-hydrogen) atoms. The first-order chi connectivity index (χ1) is 11.0. The summed E-state index contributed by atoms with van der Waals surface area (Å²) in [5.74, 6) is 0.0500. The van der Waals surface area contributed by atoms with Crippen LogP contribution in [0.3, 0.4) is 0 Å². The molecule has 3 aliphatic rings. The largest absolute Gasteiger partial charge is 0.350 e. The molecule has 3 N–H and O–H groups in total. The molecule has 3 saturated heterocycles. The van der Waals surface area contributed by atoms with Gasteiger partial charge in [0, 0.05) is 34.3 Å². The molecule has 3 fully saturated rings. The van der Waals surface area contributed by atoms with Gasteiger partial charge in [0.25, 0.3) is 0 Å². The maximum absolute atomic E-state index is 12.5. The van der Waals surface area contributed by atoms with Crippen LogP contribution >= 0.6 is 0 Å². The second-order valence-electron chi connectivity index (χ2n) is 6.81. The third kappa shape index (κ3) is 3.41. The molecule has 0 saturated carbocycles. The van der Waals surface area contributed by atoms with E-state index in [4.69, 9.17) is 2.74 Å². The lowest BCUT2D eigenvalue weighted by Gasteiger charge is -2.39. The molecule has 5 heteroatoms. The Hall–Kier alpha value is -0.650. The average molecular weight is 296 g/mol. The van der Waals surface area contributed by atoms with Crippen LogP contribution in [-0.2, 0) is 4.79 Å². The molecule has 3 heterocycles. The first-order valence-corrected chi connectivity index (χ1v) is 8.32.